The van der Waals surface area contributed by atoms with Crippen molar-refractivity contribution < 1.29 is 4.79 Å². The van der Waals surface area contributed by atoms with Crippen molar-refractivity contribution in [3.63, 3.8) is 0 Å². The summed E-state index contributed by atoms with van der Waals surface area (Å²) in [5, 5.41) is 12.8. The molecule has 3 rings (SSSR count). The summed E-state index contributed by atoms with van der Waals surface area (Å²) in [6.07, 6.45) is 3.30. The number of aromatic amines is 1. The Labute approximate surface area is 172 Å². The maximum atomic E-state index is 12.1. The summed E-state index contributed by atoms with van der Waals surface area (Å²) in [6.45, 7) is 8.80. The lowest BCUT2D eigenvalue weighted by Crippen LogP contribution is -2.59. The Bertz CT molecular complexity index is 854. The molecule has 2 aromatic rings. The summed E-state index contributed by atoms with van der Waals surface area (Å²) in [5.74, 6) is 0.749. The molecule has 0 saturated carbocycles. The van der Waals surface area contributed by atoms with Gasteiger partial charge in [-0.2, -0.15) is 0 Å². The first-order chi connectivity index (χ1) is 13.7. The van der Waals surface area contributed by atoms with Gasteiger partial charge < -0.3 is 26.3 Å². The monoisotopic (exact) mass is 397 g/mol. The second kappa shape index (κ2) is 8.24. The van der Waals surface area contributed by atoms with E-state index in [1.54, 1.807) is 7.05 Å². The number of hydrogen-bond acceptors (Lipinski definition) is 4. The summed E-state index contributed by atoms with van der Waals surface area (Å²) in [4.78, 5) is 24.2. The van der Waals surface area contributed by atoms with Gasteiger partial charge in [-0.15, -0.1) is 0 Å². The van der Waals surface area contributed by atoms with E-state index in [4.69, 9.17) is 4.99 Å². The molecule has 1 amide bonds. The van der Waals surface area contributed by atoms with E-state index >= 15 is 0 Å². The van der Waals surface area contributed by atoms with Crippen molar-refractivity contribution >= 4 is 23.4 Å². The maximum absolute atomic E-state index is 12.1. The Balaban J connectivity index is 1.90. The number of nitrogens with one attached hydrogen (secondary N) is 5. The standard InChI is InChI=1S/C21H31N7O/c1-20(2)11-15(12-21(3,4)28-20)26-19(25-14-9-7-6-8-10-14)27-17-16(18(29)22-5)23-13-24-17/h6-10,13,15,28H,11-12H2,1-5H3,(H,22,29)(H,23,24)(H2,25,26,27). The van der Waals surface area contributed by atoms with E-state index in [9.17, 15) is 4.79 Å². The largest absolute Gasteiger partial charge is 0.354 e. The molecule has 1 aromatic heterocycles. The van der Waals surface area contributed by atoms with Crippen molar-refractivity contribution in [3.05, 3.63) is 42.4 Å². The van der Waals surface area contributed by atoms with Crippen molar-refractivity contribution in [1.82, 2.24) is 20.6 Å². The smallest absolute Gasteiger partial charge is 0.271 e. The van der Waals surface area contributed by atoms with Crippen molar-refractivity contribution in [2.75, 3.05) is 17.7 Å². The summed E-state index contributed by atoms with van der Waals surface area (Å²) in [6, 6.07) is 9.94. The number of nitrogens with zero attached hydrogens (tertiary/aromatic N) is 2. The lowest BCUT2D eigenvalue weighted by Gasteiger charge is -2.45. The van der Waals surface area contributed by atoms with Crippen LogP contribution in [0.5, 0.6) is 0 Å². The second-order valence-electron chi connectivity index (χ2n) is 8.75. The third-order valence-electron chi connectivity index (χ3n) is 4.85. The van der Waals surface area contributed by atoms with Gasteiger partial charge in [0.1, 0.15) is 5.69 Å². The van der Waals surface area contributed by atoms with Gasteiger partial charge in [-0.05, 0) is 52.7 Å². The second-order valence-corrected chi connectivity index (χ2v) is 8.75. The Kier molecular flexibility index (Phi) is 5.93. The lowest BCUT2D eigenvalue weighted by atomic mass is 9.80. The lowest BCUT2D eigenvalue weighted by molar-refractivity contribution is 0.0959. The number of amides is 1. The molecule has 0 aliphatic carbocycles. The van der Waals surface area contributed by atoms with Crippen LogP contribution in [0.3, 0.4) is 0 Å². The third-order valence-corrected chi connectivity index (χ3v) is 4.85. The number of H-pyrrole nitrogens is 1. The van der Waals surface area contributed by atoms with Gasteiger partial charge in [0, 0.05) is 23.8 Å². The van der Waals surface area contributed by atoms with Gasteiger partial charge in [-0.25, -0.2) is 9.98 Å². The van der Waals surface area contributed by atoms with E-state index in [0.717, 1.165) is 18.5 Å². The molecule has 1 aliphatic rings. The number of imidazole rings is 1. The summed E-state index contributed by atoms with van der Waals surface area (Å²) in [7, 11) is 1.59. The Morgan fingerprint density at radius 2 is 1.76 bits per heavy atom. The average molecular weight is 398 g/mol. The van der Waals surface area contributed by atoms with Gasteiger partial charge in [0.2, 0.25) is 5.96 Å². The maximum Gasteiger partial charge on any atom is 0.271 e. The van der Waals surface area contributed by atoms with Gasteiger partial charge in [-0.3, -0.25) is 4.79 Å². The normalized spacial score (nSPS) is 18.9. The van der Waals surface area contributed by atoms with Crippen molar-refractivity contribution in [1.29, 1.82) is 0 Å². The average Bonchev–Trinajstić information content (AvgIpc) is 3.07. The van der Waals surface area contributed by atoms with E-state index < -0.39 is 0 Å². The number of carbonyl (C=O) groups is 1. The summed E-state index contributed by atoms with van der Waals surface area (Å²) < 4.78 is 0. The van der Waals surface area contributed by atoms with Gasteiger partial charge in [0.15, 0.2) is 5.82 Å². The van der Waals surface area contributed by atoms with E-state index in [2.05, 4.69) is 58.9 Å². The number of piperidine rings is 1. The molecule has 8 nitrogen and oxygen atoms in total. The molecule has 0 atom stereocenters. The molecule has 1 aliphatic heterocycles. The zero-order chi connectivity index (χ0) is 21.1. The van der Waals surface area contributed by atoms with E-state index in [-0.39, 0.29) is 23.0 Å². The first-order valence-corrected chi connectivity index (χ1v) is 9.89. The van der Waals surface area contributed by atoms with Crippen molar-refractivity contribution in [2.45, 2.75) is 57.7 Å². The number of carbonyl (C=O) groups excluding carboxylic acids is 1. The fourth-order valence-electron chi connectivity index (χ4n) is 4.10. The number of benzene rings is 1. The number of hydrogen-bond donors (Lipinski definition) is 5. The molecule has 29 heavy (non-hydrogen) atoms. The summed E-state index contributed by atoms with van der Waals surface area (Å²) >= 11 is 0. The molecule has 1 fully saturated rings. The highest BCUT2D eigenvalue weighted by atomic mass is 16.1. The number of aliphatic imine (C=N–C) groups is 1. The van der Waals surface area contributed by atoms with Crippen molar-refractivity contribution in [3.8, 4) is 0 Å². The van der Waals surface area contributed by atoms with Gasteiger partial charge in [-0.1, -0.05) is 18.2 Å². The highest BCUT2D eigenvalue weighted by Gasteiger charge is 2.37. The number of para-hydroxylation sites is 1. The van der Waals surface area contributed by atoms with Crippen LogP contribution in [0.2, 0.25) is 0 Å². The van der Waals surface area contributed by atoms with E-state index in [1.807, 2.05) is 30.3 Å². The van der Waals surface area contributed by atoms with Crippen LogP contribution in [0.4, 0.5) is 11.5 Å². The third kappa shape index (κ3) is 5.57. The van der Waals surface area contributed by atoms with Crippen LogP contribution < -0.4 is 21.3 Å². The number of guanidine groups is 1. The number of aromatic nitrogens is 2. The van der Waals surface area contributed by atoms with Gasteiger partial charge in [0.25, 0.3) is 5.91 Å². The fourth-order valence-corrected chi connectivity index (χ4v) is 4.10. The molecule has 0 spiro atoms. The van der Waals surface area contributed by atoms with Crippen LogP contribution in [-0.2, 0) is 0 Å². The minimum Gasteiger partial charge on any atom is -0.354 e. The van der Waals surface area contributed by atoms with Crippen LogP contribution in [0.25, 0.3) is 0 Å². The molecular formula is C21H31N7O. The zero-order valence-corrected chi connectivity index (χ0v) is 17.8. The van der Waals surface area contributed by atoms with Crippen LogP contribution >= 0.6 is 0 Å². The fraction of sp³-hybridized carbons (Fsp3) is 0.476. The molecule has 0 radical (unpaired) electrons. The molecule has 1 aromatic carbocycles. The Morgan fingerprint density at radius 1 is 1.10 bits per heavy atom. The molecule has 0 bridgehead atoms. The molecule has 2 heterocycles. The topological polar surface area (TPSA) is 106 Å². The first kappa shape index (κ1) is 20.9. The van der Waals surface area contributed by atoms with E-state index in [0.29, 0.717) is 17.5 Å². The van der Waals surface area contributed by atoms with Crippen LogP contribution in [-0.4, -0.2) is 46.0 Å². The van der Waals surface area contributed by atoms with Gasteiger partial charge >= 0.3 is 0 Å². The Morgan fingerprint density at radius 3 is 2.38 bits per heavy atom. The highest BCUT2D eigenvalue weighted by Crippen LogP contribution is 2.30. The SMILES string of the molecule is CNC(=O)c1[nH]cnc1NC(=NC1CC(C)(C)NC(C)(C)C1)Nc1ccccc1. The van der Waals surface area contributed by atoms with E-state index in [1.165, 1.54) is 6.33 Å². The molecule has 156 valence electrons. The quantitative estimate of drug-likeness (QED) is 0.403. The molecular weight excluding hydrogens is 366 g/mol. The summed E-state index contributed by atoms with van der Waals surface area (Å²) in [5.41, 5.74) is 1.23. The van der Waals surface area contributed by atoms with Crippen molar-refractivity contribution in [2.24, 2.45) is 4.99 Å². The zero-order valence-electron chi connectivity index (χ0n) is 17.8. The molecule has 8 heteroatoms. The molecule has 1 saturated heterocycles. The van der Waals surface area contributed by atoms with Crippen LogP contribution in [0, 0.1) is 0 Å². The van der Waals surface area contributed by atoms with Crippen LogP contribution in [0.1, 0.15) is 51.0 Å². The molecule has 5 N–H and O–H groups in total. The number of anilines is 2. The highest BCUT2D eigenvalue weighted by molar-refractivity contribution is 6.07. The number of rotatable bonds is 4. The van der Waals surface area contributed by atoms with Gasteiger partial charge in [0.05, 0.1) is 12.4 Å². The Hall–Kier alpha value is -2.87. The minimum absolute atomic E-state index is 0.0205. The minimum atomic E-state index is -0.242. The van der Waals surface area contributed by atoms with Crippen LogP contribution in [0.15, 0.2) is 41.7 Å². The first-order valence-electron chi connectivity index (χ1n) is 9.89. The molecule has 0 unspecified atom stereocenters. The predicted molar refractivity (Wildman–Crippen MR) is 117 cm³/mol. The predicted octanol–water partition coefficient (Wildman–Crippen LogP) is 2.96.